The fraction of sp³-hybridized carbons (Fsp3) is 0.562. The van der Waals surface area contributed by atoms with E-state index in [2.05, 4.69) is 17.6 Å². The van der Waals surface area contributed by atoms with Gasteiger partial charge in [-0.15, -0.1) is 0 Å². The number of likely N-dealkylation sites (N-methyl/N-ethyl adjacent to an activating group) is 1. The van der Waals surface area contributed by atoms with Crippen LogP contribution in [0.3, 0.4) is 0 Å². The van der Waals surface area contributed by atoms with Crippen LogP contribution in [0.5, 0.6) is 11.5 Å². The van der Waals surface area contributed by atoms with Crippen LogP contribution in [0.25, 0.3) is 0 Å². The number of benzene rings is 1. The van der Waals surface area contributed by atoms with Crippen molar-refractivity contribution in [2.24, 2.45) is 0 Å². The van der Waals surface area contributed by atoms with Gasteiger partial charge in [0.2, 0.25) is 5.91 Å². The van der Waals surface area contributed by atoms with Crippen LogP contribution in [0, 0.1) is 0 Å². The van der Waals surface area contributed by atoms with Gasteiger partial charge in [-0.25, -0.2) is 0 Å². The quantitative estimate of drug-likeness (QED) is 0.837. The summed E-state index contributed by atoms with van der Waals surface area (Å²) in [4.78, 5) is 11.7. The molecule has 1 aromatic rings. The van der Waals surface area contributed by atoms with E-state index in [1.807, 2.05) is 26.0 Å². The lowest BCUT2D eigenvalue weighted by molar-refractivity contribution is -0.122. The van der Waals surface area contributed by atoms with Crippen molar-refractivity contribution in [3.8, 4) is 11.5 Å². The number of ether oxygens (including phenoxy) is 2. The number of carbonyl (C=O) groups is 1. The van der Waals surface area contributed by atoms with Gasteiger partial charge in [0.05, 0.1) is 13.2 Å². The normalized spacial score (nSPS) is 17.8. The van der Waals surface area contributed by atoms with Crippen LogP contribution in [0.2, 0.25) is 0 Å². The van der Waals surface area contributed by atoms with Crippen molar-refractivity contribution in [3.63, 3.8) is 0 Å². The van der Waals surface area contributed by atoms with E-state index in [9.17, 15) is 4.79 Å². The maximum absolute atomic E-state index is 11.7. The summed E-state index contributed by atoms with van der Waals surface area (Å²) in [5, 5.41) is 6.01. The highest BCUT2D eigenvalue weighted by Gasteiger charge is 2.22. The average molecular weight is 292 g/mol. The number of nitrogens with one attached hydrogen (secondary N) is 2. The first kappa shape index (κ1) is 15.6. The van der Waals surface area contributed by atoms with Crippen LogP contribution in [-0.2, 0) is 17.8 Å². The monoisotopic (exact) mass is 292 g/mol. The van der Waals surface area contributed by atoms with Crippen molar-refractivity contribution in [1.82, 2.24) is 10.6 Å². The number of hydrogen-bond donors (Lipinski definition) is 2. The van der Waals surface area contributed by atoms with Gasteiger partial charge in [0.15, 0.2) is 0 Å². The summed E-state index contributed by atoms with van der Waals surface area (Å²) in [7, 11) is 1.66. The molecule has 2 unspecified atom stereocenters. The van der Waals surface area contributed by atoms with Crippen molar-refractivity contribution in [2.45, 2.75) is 45.9 Å². The smallest absolute Gasteiger partial charge is 0.236 e. The molecule has 0 saturated heterocycles. The van der Waals surface area contributed by atoms with Crippen molar-refractivity contribution < 1.29 is 14.3 Å². The van der Waals surface area contributed by atoms with Gasteiger partial charge in [-0.05, 0) is 32.9 Å². The predicted octanol–water partition coefficient (Wildman–Crippen LogP) is 1.63. The standard InChI is InChI=1S/C16H24N2O3/c1-5-17-16(19)11(3)18-9-13-8-15-12(6-10(2)21-15)7-14(13)20-4/h7-8,10-11,18H,5-6,9H2,1-4H3,(H,17,19). The summed E-state index contributed by atoms with van der Waals surface area (Å²) in [6, 6.07) is 3.80. The minimum atomic E-state index is -0.247. The Labute approximate surface area is 126 Å². The van der Waals surface area contributed by atoms with Gasteiger partial charge in [0.25, 0.3) is 0 Å². The molecule has 0 bridgehead atoms. The second-order valence-corrected chi connectivity index (χ2v) is 5.40. The van der Waals surface area contributed by atoms with Crippen molar-refractivity contribution in [1.29, 1.82) is 0 Å². The number of fused-ring (bicyclic) bond motifs is 1. The van der Waals surface area contributed by atoms with E-state index >= 15 is 0 Å². The Morgan fingerprint density at radius 1 is 1.52 bits per heavy atom. The molecule has 0 aromatic heterocycles. The lowest BCUT2D eigenvalue weighted by atomic mass is 10.1. The molecule has 0 spiro atoms. The SMILES string of the molecule is CCNC(=O)C(C)NCc1cc2c(cc1OC)CC(C)O2. The van der Waals surface area contributed by atoms with Gasteiger partial charge in [-0.2, -0.15) is 0 Å². The third-order valence-electron chi connectivity index (χ3n) is 3.64. The van der Waals surface area contributed by atoms with Crippen molar-refractivity contribution in [3.05, 3.63) is 23.3 Å². The molecule has 0 radical (unpaired) electrons. The second-order valence-electron chi connectivity index (χ2n) is 5.40. The largest absolute Gasteiger partial charge is 0.496 e. The Morgan fingerprint density at radius 2 is 2.29 bits per heavy atom. The molecule has 1 aliphatic rings. The third-order valence-corrected chi connectivity index (χ3v) is 3.64. The van der Waals surface area contributed by atoms with Gasteiger partial charge in [-0.1, -0.05) is 0 Å². The molecule has 0 aliphatic carbocycles. The van der Waals surface area contributed by atoms with Crippen molar-refractivity contribution in [2.75, 3.05) is 13.7 Å². The van der Waals surface area contributed by atoms with E-state index in [0.717, 1.165) is 23.5 Å². The topological polar surface area (TPSA) is 59.6 Å². The maximum atomic E-state index is 11.7. The Balaban J connectivity index is 2.06. The van der Waals surface area contributed by atoms with Gasteiger partial charge in [0, 0.05) is 30.6 Å². The van der Waals surface area contributed by atoms with E-state index in [-0.39, 0.29) is 18.1 Å². The molecular weight excluding hydrogens is 268 g/mol. The van der Waals surface area contributed by atoms with Crippen LogP contribution < -0.4 is 20.1 Å². The zero-order valence-corrected chi connectivity index (χ0v) is 13.2. The highest BCUT2D eigenvalue weighted by Crippen LogP contribution is 2.34. The molecule has 1 aromatic carbocycles. The summed E-state index contributed by atoms with van der Waals surface area (Å²) in [5.41, 5.74) is 2.18. The molecule has 0 fully saturated rings. The Morgan fingerprint density at radius 3 is 2.95 bits per heavy atom. The van der Waals surface area contributed by atoms with Crippen LogP contribution in [-0.4, -0.2) is 31.7 Å². The summed E-state index contributed by atoms with van der Waals surface area (Å²) < 4.78 is 11.2. The predicted molar refractivity (Wildman–Crippen MR) is 81.8 cm³/mol. The molecule has 116 valence electrons. The molecule has 5 heteroatoms. The van der Waals surface area contributed by atoms with Gasteiger partial charge in [0.1, 0.15) is 17.6 Å². The summed E-state index contributed by atoms with van der Waals surface area (Å²) >= 11 is 0. The number of carbonyl (C=O) groups excluding carboxylic acids is 1. The molecule has 1 aliphatic heterocycles. The average Bonchev–Trinajstić information content (AvgIpc) is 2.82. The Hall–Kier alpha value is -1.75. The van der Waals surface area contributed by atoms with E-state index in [4.69, 9.17) is 9.47 Å². The molecule has 1 heterocycles. The van der Waals surface area contributed by atoms with Crippen LogP contribution in [0.4, 0.5) is 0 Å². The van der Waals surface area contributed by atoms with Gasteiger partial charge >= 0.3 is 0 Å². The number of hydrogen-bond acceptors (Lipinski definition) is 4. The molecule has 0 saturated carbocycles. The minimum absolute atomic E-state index is 0.00231. The zero-order valence-electron chi connectivity index (χ0n) is 13.2. The Bertz CT molecular complexity index is 516. The number of amides is 1. The molecule has 2 N–H and O–H groups in total. The van der Waals surface area contributed by atoms with E-state index in [1.54, 1.807) is 7.11 Å². The molecule has 2 rings (SSSR count). The van der Waals surface area contributed by atoms with E-state index in [1.165, 1.54) is 5.56 Å². The molecule has 5 nitrogen and oxygen atoms in total. The molecule has 1 amide bonds. The first-order chi connectivity index (χ1) is 10.0. The van der Waals surface area contributed by atoms with Crippen LogP contribution in [0.15, 0.2) is 12.1 Å². The molecule has 21 heavy (non-hydrogen) atoms. The van der Waals surface area contributed by atoms with Gasteiger partial charge < -0.3 is 20.1 Å². The third kappa shape index (κ3) is 3.67. The second kappa shape index (κ2) is 6.80. The summed E-state index contributed by atoms with van der Waals surface area (Å²) in [5.74, 6) is 1.76. The number of rotatable bonds is 6. The number of methoxy groups -OCH3 is 1. The summed E-state index contributed by atoms with van der Waals surface area (Å²) in [6.07, 6.45) is 1.12. The molecular formula is C16H24N2O3. The highest BCUT2D eigenvalue weighted by molar-refractivity contribution is 5.81. The first-order valence-electron chi connectivity index (χ1n) is 7.42. The minimum Gasteiger partial charge on any atom is -0.496 e. The fourth-order valence-corrected chi connectivity index (χ4v) is 2.49. The van der Waals surface area contributed by atoms with Crippen LogP contribution in [0.1, 0.15) is 31.9 Å². The zero-order chi connectivity index (χ0) is 15.4. The lowest BCUT2D eigenvalue weighted by Gasteiger charge is -2.16. The first-order valence-corrected chi connectivity index (χ1v) is 7.42. The fourth-order valence-electron chi connectivity index (χ4n) is 2.49. The van der Waals surface area contributed by atoms with E-state index < -0.39 is 0 Å². The van der Waals surface area contributed by atoms with Crippen molar-refractivity contribution >= 4 is 5.91 Å². The Kier molecular flexibility index (Phi) is 5.07. The maximum Gasteiger partial charge on any atom is 0.236 e. The molecule has 2 atom stereocenters. The van der Waals surface area contributed by atoms with Gasteiger partial charge in [-0.3, -0.25) is 4.79 Å². The lowest BCUT2D eigenvalue weighted by Crippen LogP contribution is -2.41. The van der Waals surface area contributed by atoms with E-state index in [0.29, 0.717) is 13.1 Å². The van der Waals surface area contributed by atoms with Crippen LogP contribution >= 0.6 is 0 Å². The highest BCUT2D eigenvalue weighted by atomic mass is 16.5. The summed E-state index contributed by atoms with van der Waals surface area (Å²) in [6.45, 7) is 7.02.